The van der Waals surface area contributed by atoms with E-state index in [0.717, 1.165) is 49.7 Å². The van der Waals surface area contributed by atoms with Crippen molar-refractivity contribution >= 4 is 5.91 Å². The smallest absolute Gasteiger partial charge is 0.224 e. The molecule has 1 aliphatic rings. The number of para-hydroxylation sites is 1. The summed E-state index contributed by atoms with van der Waals surface area (Å²) in [7, 11) is 0. The van der Waals surface area contributed by atoms with E-state index in [-0.39, 0.29) is 11.8 Å². The lowest BCUT2D eigenvalue weighted by molar-refractivity contribution is -0.124. The molecule has 4 rings (SSSR count). The van der Waals surface area contributed by atoms with E-state index >= 15 is 0 Å². The third kappa shape index (κ3) is 5.45. The number of rotatable bonds is 8. The SMILES string of the molecule is O=C(NCCc1c[nH]cn1)C1CCN(Cc2cccc(Oc3ccccc3)c2)C1. The van der Waals surface area contributed by atoms with Gasteiger partial charge in [-0.15, -0.1) is 0 Å². The second kappa shape index (κ2) is 9.39. The molecule has 1 amide bonds. The fourth-order valence-electron chi connectivity index (χ4n) is 3.67. The number of nitrogens with one attached hydrogen (secondary N) is 2. The van der Waals surface area contributed by atoms with Crippen LogP contribution in [0.2, 0.25) is 0 Å². The highest BCUT2D eigenvalue weighted by molar-refractivity contribution is 5.79. The molecule has 1 aliphatic heterocycles. The van der Waals surface area contributed by atoms with Crippen molar-refractivity contribution in [3.05, 3.63) is 78.4 Å². The van der Waals surface area contributed by atoms with Crippen LogP contribution in [-0.4, -0.2) is 40.4 Å². The van der Waals surface area contributed by atoms with Gasteiger partial charge in [-0.3, -0.25) is 9.69 Å². The lowest BCUT2D eigenvalue weighted by Gasteiger charge is -2.17. The van der Waals surface area contributed by atoms with Gasteiger partial charge in [0.1, 0.15) is 11.5 Å². The molecule has 2 aromatic carbocycles. The van der Waals surface area contributed by atoms with E-state index < -0.39 is 0 Å². The minimum atomic E-state index is 0.0536. The molecular formula is C23H26N4O2. The average Bonchev–Trinajstić information content (AvgIpc) is 3.41. The van der Waals surface area contributed by atoms with Gasteiger partial charge in [0.2, 0.25) is 5.91 Å². The Morgan fingerprint density at radius 1 is 1.17 bits per heavy atom. The van der Waals surface area contributed by atoms with Crippen LogP contribution >= 0.6 is 0 Å². The van der Waals surface area contributed by atoms with Crippen LogP contribution in [-0.2, 0) is 17.8 Å². The van der Waals surface area contributed by atoms with E-state index in [1.165, 1.54) is 5.56 Å². The summed E-state index contributed by atoms with van der Waals surface area (Å²) in [5.74, 6) is 1.86. The number of carbonyl (C=O) groups excluding carboxylic acids is 1. The van der Waals surface area contributed by atoms with Crippen molar-refractivity contribution in [2.24, 2.45) is 5.92 Å². The van der Waals surface area contributed by atoms with Gasteiger partial charge < -0.3 is 15.0 Å². The van der Waals surface area contributed by atoms with E-state index in [1.807, 2.05) is 48.7 Å². The molecule has 2 heterocycles. The Bertz CT molecular complexity index is 912. The summed E-state index contributed by atoms with van der Waals surface area (Å²) in [6, 6.07) is 18.0. The number of hydrogen-bond donors (Lipinski definition) is 2. The Hall–Kier alpha value is -3.12. The van der Waals surface area contributed by atoms with Crippen LogP contribution in [0.25, 0.3) is 0 Å². The highest BCUT2D eigenvalue weighted by Gasteiger charge is 2.28. The second-order valence-corrected chi connectivity index (χ2v) is 7.38. The van der Waals surface area contributed by atoms with Crippen molar-refractivity contribution in [1.29, 1.82) is 0 Å². The molecule has 0 radical (unpaired) electrons. The Balaban J connectivity index is 1.25. The third-order valence-corrected chi connectivity index (χ3v) is 5.16. The van der Waals surface area contributed by atoms with Crippen LogP contribution in [0.4, 0.5) is 0 Å². The Labute approximate surface area is 170 Å². The number of benzene rings is 2. The van der Waals surface area contributed by atoms with Gasteiger partial charge in [0.15, 0.2) is 0 Å². The van der Waals surface area contributed by atoms with Crippen molar-refractivity contribution in [3.63, 3.8) is 0 Å². The van der Waals surface area contributed by atoms with Crippen LogP contribution in [0.3, 0.4) is 0 Å². The summed E-state index contributed by atoms with van der Waals surface area (Å²) in [5, 5.41) is 3.04. The first-order valence-corrected chi connectivity index (χ1v) is 10.1. The summed E-state index contributed by atoms with van der Waals surface area (Å²) in [5.41, 5.74) is 2.16. The molecular weight excluding hydrogens is 364 g/mol. The molecule has 2 N–H and O–H groups in total. The lowest BCUT2D eigenvalue weighted by Crippen LogP contribution is -2.34. The van der Waals surface area contributed by atoms with E-state index in [4.69, 9.17) is 4.74 Å². The van der Waals surface area contributed by atoms with Crippen LogP contribution in [0.1, 0.15) is 17.7 Å². The zero-order chi connectivity index (χ0) is 19.9. The molecule has 0 saturated carbocycles. The second-order valence-electron chi connectivity index (χ2n) is 7.38. The predicted molar refractivity (Wildman–Crippen MR) is 112 cm³/mol. The maximum atomic E-state index is 12.4. The number of likely N-dealkylation sites (tertiary alicyclic amines) is 1. The molecule has 6 heteroatoms. The van der Waals surface area contributed by atoms with Crippen molar-refractivity contribution in [1.82, 2.24) is 20.2 Å². The first kappa shape index (κ1) is 19.2. The first-order valence-electron chi connectivity index (χ1n) is 10.1. The number of ether oxygens (including phenoxy) is 1. The largest absolute Gasteiger partial charge is 0.457 e. The highest BCUT2D eigenvalue weighted by Crippen LogP contribution is 2.24. The minimum Gasteiger partial charge on any atom is -0.457 e. The highest BCUT2D eigenvalue weighted by atomic mass is 16.5. The van der Waals surface area contributed by atoms with E-state index in [9.17, 15) is 4.79 Å². The fraction of sp³-hybridized carbons (Fsp3) is 0.304. The third-order valence-electron chi connectivity index (χ3n) is 5.16. The van der Waals surface area contributed by atoms with Crippen LogP contribution in [0.15, 0.2) is 67.1 Å². The summed E-state index contributed by atoms with van der Waals surface area (Å²) >= 11 is 0. The Morgan fingerprint density at radius 3 is 2.86 bits per heavy atom. The molecule has 1 fully saturated rings. The molecule has 1 aromatic heterocycles. The molecule has 0 bridgehead atoms. The van der Waals surface area contributed by atoms with Gasteiger partial charge in [-0.2, -0.15) is 0 Å². The molecule has 1 saturated heterocycles. The van der Waals surface area contributed by atoms with E-state index in [0.29, 0.717) is 6.54 Å². The maximum absolute atomic E-state index is 12.4. The van der Waals surface area contributed by atoms with Gasteiger partial charge in [-0.25, -0.2) is 4.98 Å². The van der Waals surface area contributed by atoms with Crippen LogP contribution in [0.5, 0.6) is 11.5 Å². The van der Waals surface area contributed by atoms with Gasteiger partial charge in [-0.05, 0) is 42.8 Å². The lowest BCUT2D eigenvalue weighted by atomic mass is 10.1. The quantitative estimate of drug-likeness (QED) is 0.619. The Morgan fingerprint density at radius 2 is 2.03 bits per heavy atom. The maximum Gasteiger partial charge on any atom is 0.224 e. The first-order chi connectivity index (χ1) is 14.3. The topological polar surface area (TPSA) is 70.2 Å². The predicted octanol–water partition coefficient (Wildman–Crippen LogP) is 3.38. The number of aromatic nitrogens is 2. The summed E-state index contributed by atoms with van der Waals surface area (Å²) in [6.07, 6.45) is 5.17. The molecule has 0 aliphatic carbocycles. The van der Waals surface area contributed by atoms with Crippen molar-refractivity contribution in [2.45, 2.75) is 19.4 Å². The molecule has 1 unspecified atom stereocenters. The average molecular weight is 390 g/mol. The molecule has 1 atom stereocenters. The minimum absolute atomic E-state index is 0.0536. The van der Waals surface area contributed by atoms with Gasteiger partial charge in [0.05, 0.1) is 17.9 Å². The number of imidazole rings is 1. The number of carbonyl (C=O) groups is 1. The van der Waals surface area contributed by atoms with Crippen molar-refractivity contribution in [2.75, 3.05) is 19.6 Å². The standard InChI is InChI=1S/C23H26N4O2/c28-23(25-11-9-20-14-24-17-26-20)19-10-12-27(16-19)15-18-5-4-8-22(13-18)29-21-6-2-1-3-7-21/h1-8,13-14,17,19H,9-12,15-16H2,(H,24,26)(H,25,28). The fourth-order valence-corrected chi connectivity index (χ4v) is 3.67. The van der Waals surface area contributed by atoms with Gasteiger partial charge in [-0.1, -0.05) is 30.3 Å². The summed E-state index contributed by atoms with van der Waals surface area (Å²) in [4.78, 5) is 21.9. The molecule has 29 heavy (non-hydrogen) atoms. The number of aromatic amines is 1. The number of hydrogen-bond acceptors (Lipinski definition) is 4. The van der Waals surface area contributed by atoms with Crippen LogP contribution in [0, 0.1) is 5.92 Å². The monoisotopic (exact) mass is 390 g/mol. The normalized spacial score (nSPS) is 16.6. The zero-order valence-corrected chi connectivity index (χ0v) is 16.4. The van der Waals surface area contributed by atoms with Gasteiger partial charge in [0.25, 0.3) is 0 Å². The number of H-pyrrole nitrogens is 1. The Kier molecular flexibility index (Phi) is 6.22. The van der Waals surface area contributed by atoms with Crippen molar-refractivity contribution in [3.8, 4) is 11.5 Å². The van der Waals surface area contributed by atoms with E-state index in [1.54, 1.807) is 6.33 Å². The molecule has 150 valence electrons. The number of amides is 1. The zero-order valence-electron chi connectivity index (χ0n) is 16.4. The molecule has 6 nitrogen and oxygen atoms in total. The van der Waals surface area contributed by atoms with Gasteiger partial charge in [0, 0.05) is 32.3 Å². The van der Waals surface area contributed by atoms with Crippen LogP contribution < -0.4 is 10.1 Å². The van der Waals surface area contributed by atoms with Crippen molar-refractivity contribution < 1.29 is 9.53 Å². The van der Waals surface area contributed by atoms with E-state index in [2.05, 4.69) is 32.3 Å². The number of nitrogens with zero attached hydrogens (tertiary/aromatic N) is 2. The van der Waals surface area contributed by atoms with Gasteiger partial charge >= 0.3 is 0 Å². The summed E-state index contributed by atoms with van der Waals surface area (Å²) in [6.45, 7) is 3.17. The summed E-state index contributed by atoms with van der Waals surface area (Å²) < 4.78 is 5.93. The molecule has 0 spiro atoms. The molecule has 3 aromatic rings.